The Morgan fingerprint density at radius 3 is 2.50 bits per heavy atom. The fourth-order valence-electron chi connectivity index (χ4n) is 0.630. The van der Waals surface area contributed by atoms with Gasteiger partial charge < -0.3 is 0 Å². The van der Waals surface area contributed by atoms with Crippen LogP contribution in [-0.4, -0.2) is 13.3 Å². The van der Waals surface area contributed by atoms with E-state index in [0.717, 1.165) is 13.0 Å². The van der Waals surface area contributed by atoms with Crippen LogP contribution in [0.2, 0.25) is 0 Å². The second-order valence-corrected chi connectivity index (χ2v) is 1.97. The molecular weight excluding hydrogens is 98.1 g/mol. The number of nitrogens with zero attached hydrogens (tertiary/aromatic N) is 1. The van der Waals surface area contributed by atoms with Crippen molar-refractivity contribution >= 4 is 6.72 Å². The topological polar surface area (TPSA) is 12.4 Å². The van der Waals surface area contributed by atoms with Crippen LogP contribution in [0, 0.1) is 0 Å². The zero-order valence-electron chi connectivity index (χ0n) is 5.56. The predicted molar refractivity (Wildman–Crippen MR) is 37.5 cm³/mol. The first kappa shape index (κ1) is 7.67. The highest BCUT2D eigenvalue weighted by Crippen LogP contribution is 1.97. The van der Waals surface area contributed by atoms with Crippen molar-refractivity contribution in [3.05, 3.63) is 0 Å². The van der Waals surface area contributed by atoms with Crippen molar-refractivity contribution in [2.24, 2.45) is 4.99 Å². The highest BCUT2D eigenvalue weighted by atomic mass is 14.7. The molecule has 0 aromatic rings. The van der Waals surface area contributed by atoms with Gasteiger partial charge in [-0.05, 0) is 6.42 Å². The zero-order chi connectivity index (χ0) is 6.24. The monoisotopic (exact) mass is 112 g/mol. The maximum absolute atomic E-state index is 4.94. The van der Waals surface area contributed by atoms with Crippen molar-refractivity contribution < 1.29 is 0 Å². The first-order chi connectivity index (χ1) is 3.91. The minimum atomic E-state index is 0.833. The molecule has 0 saturated heterocycles. The van der Waals surface area contributed by atoms with Crippen LogP contribution in [0.3, 0.4) is 0 Å². The van der Waals surface area contributed by atoms with Crippen molar-refractivity contribution in [3.8, 4) is 0 Å². The highest BCUT2D eigenvalue weighted by Gasteiger charge is 1.82. The Kier molecular flexibility index (Phi) is 6.39. The average Bonchev–Trinajstić information content (AvgIpc) is 1.81. The summed E-state index contributed by atoms with van der Waals surface area (Å²) in [6.07, 6.45) is 5.03. The van der Waals surface area contributed by atoms with Crippen LogP contribution in [0.15, 0.2) is 4.99 Å². The molecule has 0 fully saturated rings. The van der Waals surface area contributed by atoms with E-state index >= 15 is 0 Å². The van der Waals surface area contributed by atoms with Gasteiger partial charge in [-0.1, -0.05) is 26.2 Å². The summed E-state index contributed by atoms with van der Waals surface area (Å²) in [6.45, 7) is 7.96. The molecule has 8 heavy (non-hydrogen) atoms. The number of rotatable bonds is 5. The van der Waals surface area contributed by atoms with Gasteiger partial charge in [-0.25, -0.2) is 0 Å². The first-order valence-electron chi connectivity index (χ1n) is 3.28. The second kappa shape index (κ2) is 6.67. The minimum Gasteiger partial charge on any atom is -0.292 e. The molecule has 0 unspecified atom stereocenters. The number of aliphatic imine (C=N–C) groups is 1. The fourth-order valence-corrected chi connectivity index (χ4v) is 0.630. The van der Waals surface area contributed by atoms with Gasteiger partial charge in [0.2, 0.25) is 0 Å². The quantitative estimate of drug-likeness (QED) is 0.381. The third-order valence-electron chi connectivity index (χ3n) is 1.14. The van der Waals surface area contributed by atoms with Gasteiger partial charge in [-0.15, -0.1) is 0 Å². The Labute approximate surface area is 51.8 Å². The second-order valence-electron chi connectivity index (χ2n) is 1.97. The molecular formula is C7H14N. The maximum atomic E-state index is 4.94. The van der Waals surface area contributed by atoms with E-state index < -0.39 is 0 Å². The molecule has 0 atom stereocenters. The van der Waals surface area contributed by atoms with Crippen molar-refractivity contribution in [1.82, 2.24) is 0 Å². The third-order valence-corrected chi connectivity index (χ3v) is 1.14. The SMILES string of the molecule is [CH]=NCCCCCC. The molecule has 0 saturated carbocycles. The van der Waals surface area contributed by atoms with Gasteiger partial charge in [0.05, 0.1) is 0 Å². The molecule has 0 rings (SSSR count). The molecule has 0 N–H and O–H groups in total. The third kappa shape index (κ3) is 5.67. The highest BCUT2D eigenvalue weighted by molar-refractivity contribution is 5.22. The molecule has 1 heteroatoms. The van der Waals surface area contributed by atoms with Crippen molar-refractivity contribution in [2.45, 2.75) is 32.6 Å². The van der Waals surface area contributed by atoms with E-state index in [1.807, 2.05) is 0 Å². The molecule has 0 bridgehead atoms. The summed E-state index contributed by atoms with van der Waals surface area (Å²) in [4.78, 5) is 3.51. The molecule has 0 heterocycles. The fraction of sp³-hybridized carbons (Fsp3) is 0.857. The largest absolute Gasteiger partial charge is 0.292 e. The van der Waals surface area contributed by atoms with E-state index in [-0.39, 0.29) is 0 Å². The predicted octanol–water partition coefficient (Wildman–Crippen LogP) is 2.14. The van der Waals surface area contributed by atoms with Crippen LogP contribution in [0.4, 0.5) is 0 Å². The Bertz CT molecular complexity index is 50.3. The van der Waals surface area contributed by atoms with Gasteiger partial charge in [0, 0.05) is 13.3 Å². The number of hydrogen-bond donors (Lipinski definition) is 0. The van der Waals surface area contributed by atoms with E-state index in [0.29, 0.717) is 0 Å². The van der Waals surface area contributed by atoms with Crippen LogP contribution in [-0.2, 0) is 0 Å². The lowest BCUT2D eigenvalue weighted by atomic mass is 10.2. The van der Waals surface area contributed by atoms with Gasteiger partial charge in [-0.3, -0.25) is 4.99 Å². The zero-order valence-corrected chi connectivity index (χ0v) is 5.56. The van der Waals surface area contributed by atoms with Crippen molar-refractivity contribution in [3.63, 3.8) is 0 Å². The number of hydrogen-bond acceptors (Lipinski definition) is 1. The molecule has 0 amide bonds. The average molecular weight is 112 g/mol. The van der Waals surface area contributed by atoms with Crippen molar-refractivity contribution in [1.29, 1.82) is 0 Å². The lowest BCUT2D eigenvalue weighted by molar-refractivity contribution is 0.676. The molecule has 47 valence electrons. The Morgan fingerprint density at radius 2 is 2.00 bits per heavy atom. The van der Waals surface area contributed by atoms with Gasteiger partial charge in [0.15, 0.2) is 0 Å². The van der Waals surface area contributed by atoms with Crippen LogP contribution in [0.25, 0.3) is 0 Å². The molecule has 1 radical (unpaired) electrons. The lowest BCUT2D eigenvalue weighted by Crippen LogP contribution is -1.78. The van der Waals surface area contributed by atoms with E-state index in [1.165, 1.54) is 19.3 Å². The molecule has 1 nitrogen and oxygen atoms in total. The van der Waals surface area contributed by atoms with Crippen LogP contribution in [0.1, 0.15) is 32.6 Å². The van der Waals surface area contributed by atoms with Gasteiger partial charge in [0.1, 0.15) is 0 Å². The Balaban J connectivity index is 2.62. The van der Waals surface area contributed by atoms with Gasteiger partial charge in [-0.2, -0.15) is 0 Å². The van der Waals surface area contributed by atoms with E-state index in [4.69, 9.17) is 6.72 Å². The van der Waals surface area contributed by atoms with Crippen LogP contribution in [0.5, 0.6) is 0 Å². The van der Waals surface area contributed by atoms with E-state index in [2.05, 4.69) is 11.9 Å². The molecule has 0 aliphatic heterocycles. The van der Waals surface area contributed by atoms with Crippen LogP contribution >= 0.6 is 0 Å². The Hall–Kier alpha value is -0.330. The van der Waals surface area contributed by atoms with E-state index in [9.17, 15) is 0 Å². The summed E-state index contributed by atoms with van der Waals surface area (Å²) in [5.41, 5.74) is 0. The summed E-state index contributed by atoms with van der Waals surface area (Å²) < 4.78 is 0. The molecule has 0 aromatic heterocycles. The summed E-state index contributed by atoms with van der Waals surface area (Å²) in [7, 11) is 0. The van der Waals surface area contributed by atoms with Gasteiger partial charge >= 0.3 is 0 Å². The molecule has 0 aliphatic carbocycles. The maximum Gasteiger partial charge on any atom is 0.0390 e. The smallest absolute Gasteiger partial charge is 0.0390 e. The molecule has 0 aliphatic rings. The van der Waals surface area contributed by atoms with Gasteiger partial charge in [0.25, 0.3) is 0 Å². The van der Waals surface area contributed by atoms with E-state index in [1.54, 1.807) is 0 Å². The first-order valence-corrected chi connectivity index (χ1v) is 3.28. The molecule has 0 aromatic carbocycles. The number of unbranched alkanes of at least 4 members (excludes halogenated alkanes) is 3. The summed E-state index contributed by atoms with van der Waals surface area (Å²) in [5.74, 6) is 0. The minimum absolute atomic E-state index is 0.833. The Morgan fingerprint density at radius 1 is 1.25 bits per heavy atom. The summed E-state index contributed by atoms with van der Waals surface area (Å²) >= 11 is 0. The summed E-state index contributed by atoms with van der Waals surface area (Å²) in [5, 5.41) is 0. The normalized spacial score (nSPS) is 9.12. The lowest BCUT2D eigenvalue weighted by Gasteiger charge is -1.91. The summed E-state index contributed by atoms with van der Waals surface area (Å²) in [6, 6.07) is 0. The molecule has 0 spiro atoms. The standard InChI is InChI=1S/C7H14N/c1-3-4-5-6-7-8-2/h2H,3-7H2,1H3. The van der Waals surface area contributed by atoms with Crippen LogP contribution < -0.4 is 0 Å². The van der Waals surface area contributed by atoms with Crippen molar-refractivity contribution in [2.75, 3.05) is 6.54 Å².